The van der Waals surface area contributed by atoms with E-state index in [2.05, 4.69) is 6.92 Å². The maximum Gasteiger partial charge on any atom is 0.338 e. The summed E-state index contributed by atoms with van der Waals surface area (Å²) in [6.07, 6.45) is 5.09. The molecule has 0 spiro atoms. The van der Waals surface area contributed by atoms with E-state index in [1.807, 2.05) is 42.5 Å². The minimum Gasteiger partial charge on any atom is -0.462 e. The zero-order chi connectivity index (χ0) is 16.1. The molecule has 0 atom stereocenters. The molecule has 1 aliphatic heterocycles. The molecule has 4 heteroatoms. The monoisotopic (exact) mass is 349 g/mol. The summed E-state index contributed by atoms with van der Waals surface area (Å²) in [6.45, 7) is 2.65. The zero-order valence-corrected chi connectivity index (χ0v) is 17.6. The molecule has 0 amide bonds. The third-order valence-corrected chi connectivity index (χ3v) is 4.14. The molecule has 0 fully saturated rings. The largest absolute Gasteiger partial charge is 0.462 e. The van der Waals surface area contributed by atoms with Gasteiger partial charge in [0.05, 0.1) is 12.2 Å². The van der Waals surface area contributed by atoms with Crippen molar-refractivity contribution < 1.29 is 14.3 Å². The van der Waals surface area contributed by atoms with Crippen LogP contribution in [0.2, 0.25) is 0 Å². The molecule has 1 heterocycles. The number of benzene rings is 2. The SMILES string of the molecule is CCCCCCOC(=O)c1cccc2c1Cc1ccccc1O2.[K]. The van der Waals surface area contributed by atoms with E-state index in [4.69, 9.17) is 9.47 Å². The third-order valence-electron chi connectivity index (χ3n) is 4.14. The van der Waals surface area contributed by atoms with Crippen molar-refractivity contribution in [1.29, 1.82) is 0 Å². The molecule has 0 aliphatic carbocycles. The number of hydrogen-bond donors (Lipinski definition) is 0. The first-order valence-corrected chi connectivity index (χ1v) is 8.34. The Bertz CT molecular complexity index is 697. The van der Waals surface area contributed by atoms with Gasteiger partial charge in [-0.3, -0.25) is 0 Å². The van der Waals surface area contributed by atoms with Gasteiger partial charge in [0.1, 0.15) is 11.5 Å². The first-order chi connectivity index (χ1) is 11.3. The third kappa shape index (κ3) is 4.70. The van der Waals surface area contributed by atoms with E-state index in [1.54, 1.807) is 0 Å². The Kier molecular flexibility index (Phi) is 7.98. The van der Waals surface area contributed by atoms with Crippen LogP contribution >= 0.6 is 0 Å². The Morgan fingerprint density at radius 3 is 2.67 bits per heavy atom. The fourth-order valence-corrected chi connectivity index (χ4v) is 2.86. The van der Waals surface area contributed by atoms with Crippen molar-refractivity contribution in [2.75, 3.05) is 6.61 Å². The summed E-state index contributed by atoms with van der Waals surface area (Å²) >= 11 is 0. The van der Waals surface area contributed by atoms with E-state index in [0.717, 1.165) is 35.5 Å². The summed E-state index contributed by atoms with van der Waals surface area (Å²) in [4.78, 5) is 12.4. The van der Waals surface area contributed by atoms with Crippen molar-refractivity contribution in [3.63, 3.8) is 0 Å². The molecule has 1 aliphatic rings. The molecule has 3 rings (SSSR count). The van der Waals surface area contributed by atoms with Gasteiger partial charge in [-0.2, -0.15) is 0 Å². The summed E-state index contributed by atoms with van der Waals surface area (Å²) in [5.74, 6) is 1.37. The molecule has 0 unspecified atom stereocenters. The fourth-order valence-electron chi connectivity index (χ4n) is 2.86. The van der Waals surface area contributed by atoms with Crippen molar-refractivity contribution in [2.24, 2.45) is 0 Å². The van der Waals surface area contributed by atoms with Gasteiger partial charge in [0.15, 0.2) is 0 Å². The maximum absolute atomic E-state index is 12.4. The number of carbonyl (C=O) groups excluding carboxylic acids is 1. The second-order valence-corrected chi connectivity index (χ2v) is 5.87. The number of esters is 1. The Balaban J connectivity index is 0.00000208. The van der Waals surface area contributed by atoms with E-state index in [0.29, 0.717) is 18.6 Å². The molecule has 0 saturated heterocycles. The van der Waals surface area contributed by atoms with Crippen LogP contribution in [0.15, 0.2) is 42.5 Å². The predicted molar refractivity (Wildman–Crippen MR) is 95.9 cm³/mol. The van der Waals surface area contributed by atoms with E-state index >= 15 is 0 Å². The molecule has 121 valence electrons. The van der Waals surface area contributed by atoms with Gasteiger partial charge in [0.25, 0.3) is 0 Å². The van der Waals surface area contributed by atoms with Gasteiger partial charge in [-0.1, -0.05) is 50.5 Å². The number of rotatable bonds is 6. The molecule has 0 bridgehead atoms. The van der Waals surface area contributed by atoms with Crippen LogP contribution < -0.4 is 4.74 Å². The number of unbranched alkanes of at least 4 members (excludes halogenated alkanes) is 3. The molecule has 2 aromatic rings. The molecule has 3 nitrogen and oxygen atoms in total. The second kappa shape index (κ2) is 9.73. The minimum absolute atomic E-state index is 0. The summed E-state index contributed by atoms with van der Waals surface area (Å²) in [6, 6.07) is 13.5. The van der Waals surface area contributed by atoms with E-state index in [-0.39, 0.29) is 57.4 Å². The fraction of sp³-hybridized carbons (Fsp3) is 0.350. The number of para-hydroxylation sites is 1. The van der Waals surface area contributed by atoms with E-state index in [1.165, 1.54) is 12.8 Å². The van der Waals surface area contributed by atoms with Gasteiger partial charge < -0.3 is 9.47 Å². The maximum atomic E-state index is 12.4. The molecular formula is C20H22KO3. The summed E-state index contributed by atoms with van der Waals surface area (Å²) in [5.41, 5.74) is 2.64. The van der Waals surface area contributed by atoms with Crippen LogP contribution in [0.3, 0.4) is 0 Å². The van der Waals surface area contributed by atoms with Crippen molar-refractivity contribution in [2.45, 2.75) is 39.0 Å². The van der Waals surface area contributed by atoms with Crippen LogP contribution in [0, 0.1) is 0 Å². The number of fused-ring (bicyclic) bond motifs is 2. The normalized spacial score (nSPS) is 11.5. The van der Waals surface area contributed by atoms with Crippen molar-refractivity contribution in [3.05, 3.63) is 59.2 Å². The second-order valence-electron chi connectivity index (χ2n) is 5.87. The van der Waals surface area contributed by atoms with E-state index < -0.39 is 0 Å². The predicted octanol–water partition coefficient (Wildman–Crippen LogP) is 4.74. The number of hydrogen-bond acceptors (Lipinski definition) is 3. The van der Waals surface area contributed by atoms with Crippen molar-refractivity contribution in [1.82, 2.24) is 0 Å². The van der Waals surface area contributed by atoms with Gasteiger partial charge in [0, 0.05) is 63.4 Å². The van der Waals surface area contributed by atoms with E-state index in [9.17, 15) is 4.79 Å². The zero-order valence-electron chi connectivity index (χ0n) is 14.5. The molecule has 0 saturated carbocycles. The quantitative estimate of drug-likeness (QED) is 0.366. The van der Waals surface area contributed by atoms with Crippen LogP contribution in [-0.4, -0.2) is 64.0 Å². The first kappa shape index (κ1) is 19.7. The van der Waals surface area contributed by atoms with Crippen LogP contribution in [0.25, 0.3) is 0 Å². The first-order valence-electron chi connectivity index (χ1n) is 8.34. The topological polar surface area (TPSA) is 35.5 Å². The molecule has 24 heavy (non-hydrogen) atoms. The van der Waals surface area contributed by atoms with Crippen molar-refractivity contribution in [3.8, 4) is 11.5 Å². The number of carbonyl (C=O) groups is 1. The molecular weight excluding hydrogens is 327 g/mol. The van der Waals surface area contributed by atoms with Crippen LogP contribution in [0.1, 0.15) is 54.1 Å². The Morgan fingerprint density at radius 1 is 1.04 bits per heavy atom. The molecule has 0 aromatic heterocycles. The van der Waals surface area contributed by atoms with Crippen LogP contribution in [-0.2, 0) is 11.2 Å². The van der Waals surface area contributed by atoms with Gasteiger partial charge in [-0.15, -0.1) is 0 Å². The summed E-state index contributed by atoms with van der Waals surface area (Å²) < 4.78 is 11.4. The average molecular weight is 349 g/mol. The Hall–Kier alpha value is -0.654. The Morgan fingerprint density at radius 2 is 1.83 bits per heavy atom. The molecule has 0 N–H and O–H groups in total. The summed E-state index contributed by atoms with van der Waals surface area (Å²) in [5, 5.41) is 0. The van der Waals surface area contributed by atoms with Gasteiger partial charge in [0.2, 0.25) is 0 Å². The summed E-state index contributed by atoms with van der Waals surface area (Å²) in [7, 11) is 0. The van der Waals surface area contributed by atoms with Crippen LogP contribution in [0.4, 0.5) is 0 Å². The Labute approximate surface area is 186 Å². The van der Waals surface area contributed by atoms with Gasteiger partial charge in [-0.05, 0) is 30.2 Å². The van der Waals surface area contributed by atoms with Crippen molar-refractivity contribution >= 4 is 57.4 Å². The minimum atomic E-state index is -0.249. The molecule has 2 aromatic carbocycles. The smallest absolute Gasteiger partial charge is 0.338 e. The number of ether oxygens (including phenoxy) is 2. The average Bonchev–Trinajstić information content (AvgIpc) is 2.59. The van der Waals surface area contributed by atoms with Gasteiger partial charge in [-0.25, -0.2) is 4.79 Å². The standard InChI is InChI=1S/C20H22O3.K/c1-2-3-4-7-13-22-20(21)16-10-8-12-19-17(16)14-15-9-5-6-11-18(15)23-19;/h5-6,8-12H,2-4,7,13-14H2,1H3;. The van der Waals surface area contributed by atoms with Gasteiger partial charge >= 0.3 is 5.97 Å². The molecule has 1 radical (unpaired) electrons. The van der Waals surface area contributed by atoms with Crippen LogP contribution in [0.5, 0.6) is 11.5 Å².